The zero-order chi connectivity index (χ0) is 11.6. The molecule has 0 aromatic carbocycles. The Bertz CT molecular complexity index is 447. The molecule has 0 bridgehead atoms. The van der Waals surface area contributed by atoms with Gasteiger partial charge in [0.2, 0.25) is 0 Å². The first-order valence-corrected chi connectivity index (χ1v) is 4.60. The molecule has 17 heavy (non-hydrogen) atoms. The molecular weight excluding hydrogens is 240 g/mol. The van der Waals surface area contributed by atoms with Gasteiger partial charge in [0, 0.05) is 13.8 Å². The molecule has 3 N–H and O–H groups in total. The summed E-state index contributed by atoms with van der Waals surface area (Å²) in [5.41, 5.74) is 4.95. The summed E-state index contributed by atoms with van der Waals surface area (Å²) < 4.78 is 0. The Morgan fingerprint density at radius 3 is 2.12 bits per heavy atom. The molecule has 0 saturated carbocycles. The summed E-state index contributed by atoms with van der Waals surface area (Å²) in [5.74, 6) is 0. The van der Waals surface area contributed by atoms with Crippen LogP contribution in [0.5, 0.6) is 0 Å². The van der Waals surface area contributed by atoms with Gasteiger partial charge in [-0.3, -0.25) is 0 Å². The molecule has 7 heteroatoms. The maximum atomic E-state index is 8.19. The molecule has 0 aliphatic rings. The third-order valence-electron chi connectivity index (χ3n) is 1.57. The molecule has 2 rings (SSSR count). The van der Waals surface area contributed by atoms with Crippen molar-refractivity contribution in [2.75, 3.05) is 0 Å². The maximum Gasteiger partial charge on any atom is 0.163 e. The highest BCUT2D eigenvalue weighted by Crippen LogP contribution is 1.84. The number of quaternary nitrogens is 1. The summed E-state index contributed by atoms with van der Waals surface area (Å²) in [4.78, 5) is 0. The predicted octanol–water partition coefficient (Wildman–Crippen LogP) is -3.18. The summed E-state index contributed by atoms with van der Waals surface area (Å²) in [6, 6.07) is 8.89. The van der Waals surface area contributed by atoms with Gasteiger partial charge in [-0.15, -0.1) is 10.2 Å². The van der Waals surface area contributed by atoms with Gasteiger partial charge in [-0.2, -0.15) is 15.5 Å². The number of hydrogen-bond donors (Lipinski definition) is 1. The van der Waals surface area contributed by atoms with Gasteiger partial charge in [0.25, 0.3) is 0 Å². The number of rotatable bonds is 1. The lowest BCUT2D eigenvalue weighted by atomic mass is 10.4. The molecule has 2 aromatic rings. The highest BCUT2D eigenvalue weighted by Gasteiger charge is 1.86. The van der Waals surface area contributed by atoms with E-state index in [2.05, 4.69) is 26.1 Å². The van der Waals surface area contributed by atoms with Crippen molar-refractivity contribution in [3.63, 3.8) is 0 Å². The van der Waals surface area contributed by atoms with Crippen LogP contribution in [0.3, 0.4) is 0 Å². The van der Waals surface area contributed by atoms with Crippen molar-refractivity contribution in [3.8, 4) is 6.07 Å². The van der Waals surface area contributed by atoms with E-state index in [0.717, 1.165) is 5.69 Å². The minimum absolute atomic E-state index is 0. The van der Waals surface area contributed by atoms with Crippen molar-refractivity contribution >= 4 is 0 Å². The van der Waals surface area contributed by atoms with Crippen LogP contribution in [0.1, 0.15) is 12.8 Å². The van der Waals surface area contributed by atoms with Gasteiger partial charge in [-0.05, 0) is 24.3 Å². The lowest BCUT2D eigenvalue weighted by molar-refractivity contribution is -0.387. The third kappa shape index (κ3) is 6.14. The standard InChI is InChI=1S/C5H7N3.C5H3N3.ClH.H2/c2*6-4-5-2-1-3-7-8-5;;/h1-3H,4,6H2;1-3H;2*1H. The van der Waals surface area contributed by atoms with E-state index < -0.39 is 0 Å². The van der Waals surface area contributed by atoms with Crippen molar-refractivity contribution in [2.45, 2.75) is 6.54 Å². The van der Waals surface area contributed by atoms with Crippen LogP contribution >= 0.6 is 0 Å². The molecule has 0 atom stereocenters. The van der Waals surface area contributed by atoms with Crippen LogP contribution in [0.2, 0.25) is 0 Å². The lowest BCUT2D eigenvalue weighted by Crippen LogP contribution is -3.00. The van der Waals surface area contributed by atoms with Crippen molar-refractivity contribution in [1.82, 2.24) is 20.4 Å². The first-order chi connectivity index (χ1) is 7.86. The molecule has 0 fully saturated rings. The highest BCUT2D eigenvalue weighted by molar-refractivity contribution is 5.15. The molecule has 0 saturated heterocycles. The SMILES string of the molecule is N#Cc1cccnn1.[Cl-].[HH].[NH3+]Cc1cccnn1. The molecule has 0 aliphatic carbocycles. The molecule has 0 aliphatic heterocycles. The molecule has 2 heterocycles. The van der Waals surface area contributed by atoms with Crippen LogP contribution < -0.4 is 18.1 Å². The Balaban J connectivity index is 0. The zero-order valence-electron chi connectivity index (χ0n) is 8.99. The van der Waals surface area contributed by atoms with Gasteiger partial charge in [0.1, 0.15) is 18.3 Å². The van der Waals surface area contributed by atoms with E-state index in [1.807, 2.05) is 18.2 Å². The summed E-state index contributed by atoms with van der Waals surface area (Å²) in [5, 5.41) is 22.6. The number of aromatic nitrogens is 4. The van der Waals surface area contributed by atoms with Crippen LogP contribution in [0.4, 0.5) is 0 Å². The summed E-state index contributed by atoms with van der Waals surface area (Å²) in [7, 11) is 0. The fourth-order valence-corrected chi connectivity index (χ4v) is 0.828. The molecule has 0 amide bonds. The second-order valence-corrected chi connectivity index (χ2v) is 2.69. The third-order valence-corrected chi connectivity index (χ3v) is 1.57. The highest BCUT2D eigenvalue weighted by atomic mass is 35.5. The van der Waals surface area contributed by atoms with E-state index in [1.54, 1.807) is 18.3 Å². The molecule has 6 nitrogen and oxygen atoms in total. The monoisotopic (exact) mass is 252 g/mol. The number of nitrogens with zero attached hydrogens (tertiary/aromatic N) is 5. The van der Waals surface area contributed by atoms with Gasteiger partial charge in [-0.1, -0.05) is 0 Å². The van der Waals surface area contributed by atoms with Crippen LogP contribution in [-0.4, -0.2) is 20.4 Å². The van der Waals surface area contributed by atoms with Crippen LogP contribution in [0.15, 0.2) is 36.7 Å². The van der Waals surface area contributed by atoms with Crippen LogP contribution in [0.25, 0.3) is 0 Å². The van der Waals surface area contributed by atoms with E-state index >= 15 is 0 Å². The van der Waals surface area contributed by atoms with E-state index in [4.69, 9.17) is 5.26 Å². The first kappa shape index (κ1) is 14.9. The molecular formula is C10H13ClN6. The van der Waals surface area contributed by atoms with Crippen molar-refractivity contribution < 1.29 is 19.6 Å². The van der Waals surface area contributed by atoms with Gasteiger partial charge >= 0.3 is 0 Å². The zero-order valence-corrected chi connectivity index (χ0v) is 9.75. The van der Waals surface area contributed by atoms with Crippen molar-refractivity contribution in [1.29, 1.82) is 5.26 Å². The number of nitriles is 1. The van der Waals surface area contributed by atoms with Gasteiger partial charge < -0.3 is 18.1 Å². The Morgan fingerprint density at radius 1 is 1.18 bits per heavy atom. The average molecular weight is 253 g/mol. The summed E-state index contributed by atoms with van der Waals surface area (Å²) in [6.07, 6.45) is 3.18. The van der Waals surface area contributed by atoms with Gasteiger partial charge in [-0.25, -0.2) is 0 Å². The minimum atomic E-state index is 0. The Hall–Kier alpha value is -2.10. The topological polar surface area (TPSA) is 103 Å². The van der Waals surface area contributed by atoms with E-state index in [-0.39, 0.29) is 13.8 Å². The smallest absolute Gasteiger partial charge is 0.163 e. The fourth-order valence-electron chi connectivity index (χ4n) is 0.828. The quantitative estimate of drug-likeness (QED) is 0.576. The minimum Gasteiger partial charge on any atom is -1.00 e. The molecule has 90 valence electrons. The first-order valence-electron chi connectivity index (χ1n) is 4.60. The lowest BCUT2D eigenvalue weighted by Gasteiger charge is -1.85. The Kier molecular flexibility index (Phi) is 8.02. The Morgan fingerprint density at radius 2 is 1.82 bits per heavy atom. The molecule has 0 radical (unpaired) electrons. The van der Waals surface area contributed by atoms with Crippen LogP contribution in [0, 0.1) is 11.3 Å². The van der Waals surface area contributed by atoms with E-state index in [0.29, 0.717) is 12.2 Å². The van der Waals surface area contributed by atoms with E-state index in [9.17, 15) is 0 Å². The average Bonchev–Trinajstić information content (AvgIpc) is 2.41. The number of halogens is 1. The van der Waals surface area contributed by atoms with Gasteiger partial charge in [0.15, 0.2) is 5.69 Å². The van der Waals surface area contributed by atoms with Crippen LogP contribution in [-0.2, 0) is 6.54 Å². The van der Waals surface area contributed by atoms with Crippen molar-refractivity contribution in [2.24, 2.45) is 0 Å². The Labute approximate surface area is 106 Å². The largest absolute Gasteiger partial charge is 1.00 e. The summed E-state index contributed by atoms with van der Waals surface area (Å²) in [6.45, 7) is 0.716. The second-order valence-electron chi connectivity index (χ2n) is 2.69. The number of hydrogen-bond acceptors (Lipinski definition) is 5. The van der Waals surface area contributed by atoms with Gasteiger partial charge in [0.05, 0.1) is 0 Å². The predicted molar refractivity (Wildman–Crippen MR) is 57.5 cm³/mol. The molecule has 2 aromatic heterocycles. The summed E-state index contributed by atoms with van der Waals surface area (Å²) >= 11 is 0. The second kappa shape index (κ2) is 9.15. The van der Waals surface area contributed by atoms with Crippen molar-refractivity contribution in [3.05, 3.63) is 48.0 Å². The fraction of sp³-hybridized carbons (Fsp3) is 0.100. The van der Waals surface area contributed by atoms with E-state index in [1.165, 1.54) is 6.20 Å². The molecule has 0 unspecified atom stereocenters. The maximum absolute atomic E-state index is 8.19. The molecule has 0 spiro atoms. The normalized spacial score (nSPS) is 8.00.